The molecule has 0 aromatic carbocycles. The maximum Gasteiger partial charge on any atom is 0.191 e. The summed E-state index contributed by atoms with van der Waals surface area (Å²) in [7, 11) is 0. The first-order valence-electron chi connectivity index (χ1n) is 9.20. The molecule has 1 saturated heterocycles. The summed E-state index contributed by atoms with van der Waals surface area (Å²) >= 11 is 1.80. The molecule has 2 unspecified atom stereocenters. The number of thiophene rings is 1. The minimum atomic E-state index is 0. The van der Waals surface area contributed by atoms with E-state index in [-0.39, 0.29) is 30.1 Å². The van der Waals surface area contributed by atoms with Crippen molar-refractivity contribution in [2.24, 2.45) is 4.99 Å². The maximum absolute atomic E-state index is 5.71. The fraction of sp³-hybridized carbons (Fsp3) is 0.526. The highest BCUT2D eigenvalue weighted by Gasteiger charge is 2.26. The Morgan fingerprint density at radius 3 is 2.93 bits per heavy atom. The highest BCUT2D eigenvalue weighted by molar-refractivity contribution is 14.0. The van der Waals surface area contributed by atoms with Crippen LogP contribution in [0.1, 0.15) is 30.5 Å². The molecule has 8 heteroatoms. The minimum Gasteiger partial charge on any atom is -0.467 e. The van der Waals surface area contributed by atoms with Crippen molar-refractivity contribution >= 4 is 41.3 Å². The van der Waals surface area contributed by atoms with Crippen LogP contribution in [0.2, 0.25) is 0 Å². The predicted octanol–water partition coefficient (Wildman–Crippen LogP) is 3.48. The molecule has 0 amide bonds. The number of rotatable bonds is 7. The lowest BCUT2D eigenvalue weighted by atomic mass is 10.1. The highest BCUT2D eigenvalue weighted by atomic mass is 127. The van der Waals surface area contributed by atoms with Gasteiger partial charge in [-0.2, -0.15) is 0 Å². The molecule has 0 aliphatic carbocycles. The molecule has 0 spiro atoms. The van der Waals surface area contributed by atoms with Gasteiger partial charge >= 0.3 is 0 Å². The number of halogens is 1. The molecule has 6 nitrogen and oxygen atoms in total. The van der Waals surface area contributed by atoms with Gasteiger partial charge in [-0.05, 0) is 37.4 Å². The summed E-state index contributed by atoms with van der Waals surface area (Å²) in [6.07, 6.45) is 1.95. The van der Waals surface area contributed by atoms with E-state index in [0.717, 1.165) is 44.5 Å². The van der Waals surface area contributed by atoms with E-state index in [1.54, 1.807) is 17.6 Å². The highest BCUT2D eigenvalue weighted by Crippen LogP contribution is 2.26. The number of morpholine rings is 1. The molecule has 1 aliphatic heterocycles. The number of hydrogen-bond donors (Lipinski definition) is 2. The molecule has 2 N–H and O–H groups in total. The van der Waals surface area contributed by atoms with Gasteiger partial charge in [-0.25, -0.2) is 4.99 Å². The molecular weight excluding hydrogens is 475 g/mol. The average Bonchev–Trinajstić information content (AvgIpc) is 3.34. The van der Waals surface area contributed by atoms with Crippen LogP contribution in [0, 0.1) is 0 Å². The zero-order valence-corrected chi connectivity index (χ0v) is 19.0. The summed E-state index contributed by atoms with van der Waals surface area (Å²) in [5, 5.41) is 8.96. The quantitative estimate of drug-likeness (QED) is 0.344. The maximum atomic E-state index is 5.71. The van der Waals surface area contributed by atoms with Crippen molar-refractivity contribution in [3.05, 3.63) is 46.5 Å². The Bertz CT molecular complexity index is 663. The van der Waals surface area contributed by atoms with E-state index in [1.807, 2.05) is 12.1 Å². The van der Waals surface area contributed by atoms with Gasteiger partial charge in [0.15, 0.2) is 5.96 Å². The monoisotopic (exact) mass is 504 g/mol. The number of furan rings is 1. The van der Waals surface area contributed by atoms with E-state index in [2.05, 4.69) is 51.9 Å². The lowest BCUT2D eigenvalue weighted by molar-refractivity contribution is -0.0334. The number of guanidine groups is 1. The average molecular weight is 504 g/mol. The van der Waals surface area contributed by atoms with Crippen molar-refractivity contribution in [3.63, 3.8) is 0 Å². The smallest absolute Gasteiger partial charge is 0.191 e. The Hall–Kier alpha value is -1.10. The second-order valence-electron chi connectivity index (χ2n) is 6.36. The zero-order chi connectivity index (χ0) is 18.2. The Kier molecular flexibility index (Phi) is 9.60. The standard InChI is InChI=1S/C19H28N4O2S.HI/c1-3-20-19(21-12-16-6-4-9-25-16)22-13-17(18-7-5-11-26-18)23-8-10-24-15(2)14-23;/h4-7,9,11,15,17H,3,8,10,12-14H2,1-2H3,(H2,20,21,22);1H. The van der Waals surface area contributed by atoms with Crippen molar-refractivity contribution < 1.29 is 9.15 Å². The van der Waals surface area contributed by atoms with Gasteiger partial charge in [0.2, 0.25) is 0 Å². The largest absolute Gasteiger partial charge is 0.467 e. The predicted molar refractivity (Wildman–Crippen MR) is 121 cm³/mol. The molecule has 0 saturated carbocycles. The molecule has 27 heavy (non-hydrogen) atoms. The summed E-state index contributed by atoms with van der Waals surface area (Å²) in [6, 6.07) is 8.47. The number of aliphatic imine (C=N–C) groups is 1. The molecule has 1 fully saturated rings. The van der Waals surface area contributed by atoms with Gasteiger partial charge in [-0.3, -0.25) is 4.90 Å². The van der Waals surface area contributed by atoms with E-state index in [1.165, 1.54) is 4.88 Å². The number of hydrogen-bond acceptors (Lipinski definition) is 5. The van der Waals surface area contributed by atoms with Crippen molar-refractivity contribution in [2.75, 3.05) is 32.8 Å². The molecular formula is C19H29IN4O2S. The molecule has 2 atom stereocenters. The Labute approximate surface area is 182 Å². The third-order valence-electron chi connectivity index (χ3n) is 4.37. The number of nitrogens with one attached hydrogen (secondary N) is 2. The first-order chi connectivity index (χ1) is 12.8. The van der Waals surface area contributed by atoms with Crippen molar-refractivity contribution in [1.29, 1.82) is 0 Å². The molecule has 3 heterocycles. The van der Waals surface area contributed by atoms with E-state index in [9.17, 15) is 0 Å². The first-order valence-corrected chi connectivity index (χ1v) is 10.1. The van der Waals surface area contributed by atoms with Crippen molar-refractivity contribution in [2.45, 2.75) is 32.5 Å². The van der Waals surface area contributed by atoms with Crippen molar-refractivity contribution in [3.8, 4) is 0 Å². The van der Waals surface area contributed by atoms with Gasteiger partial charge in [0.1, 0.15) is 12.3 Å². The van der Waals surface area contributed by atoms with E-state index < -0.39 is 0 Å². The van der Waals surface area contributed by atoms with Crippen LogP contribution in [-0.4, -0.2) is 49.7 Å². The molecule has 1 aliphatic rings. The topological polar surface area (TPSA) is 62.0 Å². The first kappa shape index (κ1) is 22.2. The fourth-order valence-electron chi connectivity index (χ4n) is 3.11. The van der Waals surface area contributed by atoms with Gasteiger partial charge in [0.05, 0.1) is 25.0 Å². The molecule has 0 bridgehead atoms. The summed E-state index contributed by atoms with van der Waals surface area (Å²) in [6.45, 7) is 9.05. The number of ether oxygens (including phenoxy) is 1. The van der Waals surface area contributed by atoms with Crippen LogP contribution in [0.4, 0.5) is 0 Å². The van der Waals surface area contributed by atoms with E-state index in [0.29, 0.717) is 12.6 Å². The van der Waals surface area contributed by atoms with Gasteiger partial charge in [-0.15, -0.1) is 35.3 Å². The van der Waals surface area contributed by atoms with Crippen LogP contribution in [-0.2, 0) is 11.3 Å². The van der Waals surface area contributed by atoms with Gasteiger partial charge in [-0.1, -0.05) is 6.07 Å². The fourth-order valence-corrected chi connectivity index (χ4v) is 3.97. The molecule has 0 radical (unpaired) electrons. The third-order valence-corrected chi connectivity index (χ3v) is 5.34. The SMILES string of the molecule is CCNC(=NCc1ccco1)NCC(c1cccs1)N1CCOC(C)C1.I. The Morgan fingerprint density at radius 1 is 1.37 bits per heavy atom. The lowest BCUT2D eigenvalue weighted by Crippen LogP contribution is -2.48. The van der Waals surface area contributed by atoms with Crippen LogP contribution < -0.4 is 10.6 Å². The second-order valence-corrected chi connectivity index (χ2v) is 7.34. The summed E-state index contributed by atoms with van der Waals surface area (Å²) in [5.41, 5.74) is 0. The molecule has 2 aromatic rings. The Balaban J connectivity index is 0.00000261. The minimum absolute atomic E-state index is 0. The second kappa shape index (κ2) is 11.7. The molecule has 2 aromatic heterocycles. The number of nitrogens with zero attached hydrogens (tertiary/aromatic N) is 2. The van der Waals surface area contributed by atoms with Gasteiger partial charge in [0.25, 0.3) is 0 Å². The summed E-state index contributed by atoms with van der Waals surface area (Å²) in [5.74, 6) is 1.67. The van der Waals surface area contributed by atoms with Crippen LogP contribution in [0.25, 0.3) is 0 Å². The van der Waals surface area contributed by atoms with E-state index >= 15 is 0 Å². The van der Waals surface area contributed by atoms with Crippen LogP contribution in [0.3, 0.4) is 0 Å². The van der Waals surface area contributed by atoms with Crippen LogP contribution in [0.5, 0.6) is 0 Å². The van der Waals surface area contributed by atoms with Crippen molar-refractivity contribution in [1.82, 2.24) is 15.5 Å². The van der Waals surface area contributed by atoms with Gasteiger partial charge < -0.3 is 19.8 Å². The van der Waals surface area contributed by atoms with Crippen LogP contribution >= 0.6 is 35.3 Å². The Morgan fingerprint density at radius 2 is 2.26 bits per heavy atom. The molecule has 150 valence electrons. The summed E-state index contributed by atoms with van der Waals surface area (Å²) in [4.78, 5) is 8.50. The summed E-state index contributed by atoms with van der Waals surface area (Å²) < 4.78 is 11.1. The normalized spacial score (nSPS) is 19.3. The zero-order valence-electron chi connectivity index (χ0n) is 15.9. The molecule has 3 rings (SSSR count). The van der Waals surface area contributed by atoms with Gasteiger partial charge in [0, 0.05) is 31.1 Å². The van der Waals surface area contributed by atoms with Crippen LogP contribution in [0.15, 0.2) is 45.3 Å². The lowest BCUT2D eigenvalue weighted by Gasteiger charge is -2.37. The van der Waals surface area contributed by atoms with E-state index in [4.69, 9.17) is 9.15 Å². The third kappa shape index (κ3) is 6.78.